The molecule has 1 atom stereocenters. The molecule has 1 aromatic rings. The Morgan fingerprint density at radius 1 is 1.50 bits per heavy atom. The van der Waals surface area contributed by atoms with Crippen LogP contribution in [0.2, 0.25) is 5.02 Å². The Hall–Kier alpha value is -0.780. The van der Waals surface area contributed by atoms with Crippen LogP contribution in [-0.4, -0.2) is 43.0 Å². The zero-order valence-electron chi connectivity index (χ0n) is 10.1. The van der Waals surface area contributed by atoms with E-state index in [1.165, 1.54) is 0 Å². The van der Waals surface area contributed by atoms with E-state index in [9.17, 15) is 13.5 Å². The quantitative estimate of drug-likeness (QED) is 0.919. The van der Waals surface area contributed by atoms with Crippen LogP contribution in [0.3, 0.4) is 0 Å². The van der Waals surface area contributed by atoms with Crippen LogP contribution in [0.1, 0.15) is 12.0 Å². The lowest BCUT2D eigenvalue weighted by Gasteiger charge is -2.23. The van der Waals surface area contributed by atoms with Gasteiger partial charge in [-0.2, -0.15) is 0 Å². The number of phenolic OH excluding ortho intramolecular Hbond substituents is 1. The van der Waals surface area contributed by atoms with Gasteiger partial charge in [0.05, 0.1) is 11.5 Å². The number of nitrogens with zero attached hydrogens (tertiary/aromatic N) is 1. The normalized spacial score (nSPS) is 22.5. The number of benzene rings is 1. The van der Waals surface area contributed by atoms with Crippen molar-refractivity contribution in [2.75, 3.05) is 18.6 Å². The Morgan fingerprint density at radius 3 is 2.78 bits per heavy atom. The van der Waals surface area contributed by atoms with Crippen LogP contribution in [0.4, 0.5) is 0 Å². The molecule has 2 rings (SSSR count). The van der Waals surface area contributed by atoms with Crippen molar-refractivity contribution in [3.05, 3.63) is 28.8 Å². The Labute approximate surface area is 112 Å². The molecule has 0 aliphatic carbocycles. The summed E-state index contributed by atoms with van der Waals surface area (Å²) in [6.07, 6.45) is 0.643. The first-order chi connectivity index (χ1) is 8.39. The minimum atomic E-state index is -2.89. The van der Waals surface area contributed by atoms with Crippen molar-refractivity contribution in [1.82, 2.24) is 4.90 Å². The molecule has 1 fully saturated rings. The van der Waals surface area contributed by atoms with Crippen LogP contribution in [0.15, 0.2) is 18.2 Å². The molecule has 1 aromatic carbocycles. The fraction of sp³-hybridized carbons (Fsp3) is 0.500. The van der Waals surface area contributed by atoms with E-state index in [0.717, 1.165) is 0 Å². The van der Waals surface area contributed by atoms with Gasteiger partial charge in [-0.25, -0.2) is 8.42 Å². The minimum absolute atomic E-state index is 0.00525. The summed E-state index contributed by atoms with van der Waals surface area (Å²) >= 11 is 6.03. The highest BCUT2D eigenvalue weighted by atomic mass is 35.5. The first-order valence-electron chi connectivity index (χ1n) is 5.76. The van der Waals surface area contributed by atoms with Crippen molar-refractivity contribution in [1.29, 1.82) is 0 Å². The van der Waals surface area contributed by atoms with Crippen LogP contribution >= 0.6 is 11.6 Å². The molecule has 0 spiro atoms. The van der Waals surface area contributed by atoms with E-state index in [-0.39, 0.29) is 23.3 Å². The molecule has 1 aliphatic rings. The van der Waals surface area contributed by atoms with E-state index in [1.807, 2.05) is 11.9 Å². The van der Waals surface area contributed by atoms with E-state index < -0.39 is 9.84 Å². The fourth-order valence-corrected chi connectivity index (χ4v) is 4.24. The van der Waals surface area contributed by atoms with E-state index >= 15 is 0 Å². The largest absolute Gasteiger partial charge is 0.508 e. The van der Waals surface area contributed by atoms with Crippen molar-refractivity contribution in [2.24, 2.45) is 0 Å². The second kappa shape index (κ2) is 5.07. The molecular formula is C12H16ClNO3S. The Bertz CT molecular complexity index is 524. The third-order valence-electron chi connectivity index (χ3n) is 3.33. The lowest BCUT2D eigenvalue weighted by molar-refractivity contribution is 0.250. The number of phenols is 1. The zero-order chi connectivity index (χ0) is 13.3. The summed E-state index contributed by atoms with van der Waals surface area (Å²) in [6, 6.07) is 4.99. The van der Waals surface area contributed by atoms with E-state index in [2.05, 4.69) is 0 Å². The SMILES string of the molecule is CN(Cc1c(O)cccc1Cl)C1CCS(=O)(=O)C1. The van der Waals surface area contributed by atoms with Gasteiger partial charge in [-0.05, 0) is 25.6 Å². The van der Waals surface area contributed by atoms with Gasteiger partial charge in [-0.3, -0.25) is 4.90 Å². The fourth-order valence-electron chi connectivity index (χ4n) is 2.21. The monoisotopic (exact) mass is 289 g/mol. The van der Waals surface area contributed by atoms with Crippen molar-refractivity contribution in [3.8, 4) is 5.75 Å². The number of hydrogen-bond donors (Lipinski definition) is 1. The lowest BCUT2D eigenvalue weighted by atomic mass is 10.1. The number of rotatable bonds is 3. The molecular weight excluding hydrogens is 274 g/mol. The molecule has 4 nitrogen and oxygen atoms in total. The summed E-state index contributed by atoms with van der Waals surface area (Å²) in [5.74, 6) is 0.584. The van der Waals surface area contributed by atoms with E-state index in [0.29, 0.717) is 23.6 Å². The predicted octanol–water partition coefficient (Wildman–Crippen LogP) is 1.66. The van der Waals surface area contributed by atoms with Gasteiger partial charge in [-0.15, -0.1) is 0 Å². The second-order valence-electron chi connectivity index (χ2n) is 4.71. The summed E-state index contributed by atoms with van der Waals surface area (Å²) in [5.41, 5.74) is 0.644. The molecule has 18 heavy (non-hydrogen) atoms. The Kier molecular flexibility index (Phi) is 3.84. The summed E-state index contributed by atoms with van der Waals surface area (Å²) in [4.78, 5) is 1.94. The maximum absolute atomic E-state index is 11.4. The summed E-state index contributed by atoms with van der Waals surface area (Å²) < 4.78 is 22.9. The van der Waals surface area contributed by atoms with Crippen molar-refractivity contribution < 1.29 is 13.5 Å². The van der Waals surface area contributed by atoms with Crippen LogP contribution in [0.5, 0.6) is 5.75 Å². The molecule has 1 aliphatic heterocycles. The maximum Gasteiger partial charge on any atom is 0.151 e. The first-order valence-corrected chi connectivity index (χ1v) is 7.96. The smallest absolute Gasteiger partial charge is 0.151 e. The molecule has 0 saturated carbocycles. The number of halogens is 1. The van der Waals surface area contributed by atoms with Crippen molar-refractivity contribution in [2.45, 2.75) is 19.0 Å². The van der Waals surface area contributed by atoms with Crippen molar-refractivity contribution >= 4 is 21.4 Å². The topological polar surface area (TPSA) is 57.6 Å². The third-order valence-corrected chi connectivity index (χ3v) is 5.44. The van der Waals surface area contributed by atoms with Gasteiger partial charge in [-0.1, -0.05) is 17.7 Å². The average molecular weight is 290 g/mol. The lowest BCUT2D eigenvalue weighted by Crippen LogP contribution is -2.32. The van der Waals surface area contributed by atoms with Crippen LogP contribution < -0.4 is 0 Å². The number of aromatic hydroxyl groups is 1. The summed E-state index contributed by atoms with van der Waals surface area (Å²) in [5, 5.41) is 10.3. The summed E-state index contributed by atoms with van der Waals surface area (Å²) in [7, 11) is -1.03. The van der Waals surface area contributed by atoms with Crippen LogP contribution in [0, 0.1) is 0 Å². The molecule has 1 heterocycles. The van der Waals surface area contributed by atoms with Gasteiger partial charge < -0.3 is 5.11 Å². The molecule has 0 bridgehead atoms. The van der Waals surface area contributed by atoms with Gasteiger partial charge in [0.25, 0.3) is 0 Å². The van der Waals surface area contributed by atoms with Gasteiger partial charge in [0.2, 0.25) is 0 Å². The highest BCUT2D eigenvalue weighted by Crippen LogP contribution is 2.28. The van der Waals surface area contributed by atoms with E-state index in [1.54, 1.807) is 18.2 Å². The highest BCUT2D eigenvalue weighted by Gasteiger charge is 2.30. The Morgan fingerprint density at radius 2 is 2.22 bits per heavy atom. The van der Waals surface area contributed by atoms with Gasteiger partial charge in [0.1, 0.15) is 5.75 Å². The van der Waals surface area contributed by atoms with Gasteiger partial charge in [0, 0.05) is 23.2 Å². The van der Waals surface area contributed by atoms with E-state index in [4.69, 9.17) is 11.6 Å². The Balaban J connectivity index is 2.10. The van der Waals surface area contributed by atoms with Gasteiger partial charge in [0.15, 0.2) is 9.84 Å². The van der Waals surface area contributed by atoms with Crippen molar-refractivity contribution in [3.63, 3.8) is 0 Å². The zero-order valence-corrected chi connectivity index (χ0v) is 11.7. The van der Waals surface area contributed by atoms with Crippen LogP contribution in [-0.2, 0) is 16.4 Å². The highest BCUT2D eigenvalue weighted by molar-refractivity contribution is 7.91. The van der Waals surface area contributed by atoms with Crippen LogP contribution in [0.25, 0.3) is 0 Å². The van der Waals surface area contributed by atoms with Gasteiger partial charge >= 0.3 is 0 Å². The molecule has 0 amide bonds. The molecule has 100 valence electrons. The molecule has 6 heteroatoms. The second-order valence-corrected chi connectivity index (χ2v) is 7.35. The average Bonchev–Trinajstić information content (AvgIpc) is 2.64. The minimum Gasteiger partial charge on any atom is -0.508 e. The number of sulfone groups is 1. The third kappa shape index (κ3) is 2.96. The first kappa shape index (κ1) is 13.6. The molecule has 0 aromatic heterocycles. The molecule has 0 radical (unpaired) electrons. The molecule has 1 saturated heterocycles. The standard InChI is InChI=1S/C12H16ClNO3S/c1-14(9-5-6-18(16,17)8-9)7-10-11(13)3-2-4-12(10)15/h2-4,9,15H,5-8H2,1H3. The maximum atomic E-state index is 11.4. The summed E-state index contributed by atoms with van der Waals surface area (Å²) in [6.45, 7) is 0.450. The molecule has 1 unspecified atom stereocenters. The predicted molar refractivity (Wildman–Crippen MR) is 71.6 cm³/mol. The molecule has 1 N–H and O–H groups in total. The number of hydrogen-bond acceptors (Lipinski definition) is 4.